The summed E-state index contributed by atoms with van der Waals surface area (Å²) in [6, 6.07) is 6.34. The van der Waals surface area contributed by atoms with Crippen LogP contribution in [0.5, 0.6) is 0 Å². The number of halogens is 2. The summed E-state index contributed by atoms with van der Waals surface area (Å²) in [5, 5.41) is 0.516. The van der Waals surface area contributed by atoms with Gasteiger partial charge in [-0.1, -0.05) is 23.7 Å². The minimum absolute atomic E-state index is 0.240. The summed E-state index contributed by atoms with van der Waals surface area (Å²) in [6.45, 7) is 1.71. The number of aryl methyl sites for hydroxylation is 1. The van der Waals surface area contributed by atoms with Gasteiger partial charge >= 0.3 is 0 Å². The number of aromatic nitrogens is 1. The van der Waals surface area contributed by atoms with Gasteiger partial charge in [-0.3, -0.25) is 10.8 Å². The zero-order chi connectivity index (χ0) is 13.1. The molecule has 1 heterocycles. The van der Waals surface area contributed by atoms with E-state index in [1.807, 2.05) is 0 Å². The number of nitrogens with zero attached hydrogens (tertiary/aromatic N) is 1. The van der Waals surface area contributed by atoms with Crippen molar-refractivity contribution in [2.75, 3.05) is 0 Å². The Kier molecular flexibility index (Phi) is 3.91. The molecule has 18 heavy (non-hydrogen) atoms. The van der Waals surface area contributed by atoms with Gasteiger partial charge in [0, 0.05) is 12.4 Å². The zero-order valence-corrected chi connectivity index (χ0v) is 10.6. The van der Waals surface area contributed by atoms with Crippen LogP contribution in [0.25, 0.3) is 0 Å². The van der Waals surface area contributed by atoms with Gasteiger partial charge in [-0.05, 0) is 35.7 Å². The van der Waals surface area contributed by atoms with Crippen LogP contribution in [-0.4, -0.2) is 4.98 Å². The third-order valence-corrected chi connectivity index (χ3v) is 3.11. The van der Waals surface area contributed by atoms with Crippen molar-refractivity contribution in [3.8, 4) is 0 Å². The molecule has 3 nitrogen and oxygen atoms in total. The molecule has 1 aromatic heterocycles. The summed E-state index contributed by atoms with van der Waals surface area (Å²) in [7, 11) is 0. The van der Waals surface area contributed by atoms with Crippen molar-refractivity contribution in [3.63, 3.8) is 0 Å². The van der Waals surface area contributed by atoms with Crippen LogP contribution in [0.15, 0.2) is 36.7 Å². The lowest BCUT2D eigenvalue weighted by molar-refractivity contribution is 0.607. The van der Waals surface area contributed by atoms with Gasteiger partial charge in [0.15, 0.2) is 0 Å². The lowest BCUT2D eigenvalue weighted by atomic mass is 9.98. The summed E-state index contributed by atoms with van der Waals surface area (Å²) in [4.78, 5) is 3.93. The van der Waals surface area contributed by atoms with Crippen molar-refractivity contribution in [1.82, 2.24) is 10.4 Å². The van der Waals surface area contributed by atoms with E-state index in [0.717, 1.165) is 11.1 Å². The van der Waals surface area contributed by atoms with Crippen molar-refractivity contribution in [1.29, 1.82) is 0 Å². The Morgan fingerprint density at radius 3 is 2.78 bits per heavy atom. The lowest BCUT2D eigenvalue weighted by Crippen LogP contribution is -2.29. The molecule has 0 bridgehead atoms. The van der Waals surface area contributed by atoms with Gasteiger partial charge in [0.2, 0.25) is 0 Å². The molecule has 3 N–H and O–H groups in total. The smallest absolute Gasteiger partial charge is 0.126 e. The van der Waals surface area contributed by atoms with Crippen LogP contribution in [0.3, 0.4) is 0 Å². The molecule has 0 aliphatic carbocycles. The van der Waals surface area contributed by atoms with Gasteiger partial charge in [-0.2, -0.15) is 0 Å². The molecule has 94 valence electrons. The highest BCUT2D eigenvalue weighted by Crippen LogP contribution is 2.27. The monoisotopic (exact) mass is 265 g/mol. The van der Waals surface area contributed by atoms with Crippen LogP contribution < -0.4 is 11.3 Å². The number of hydrazine groups is 1. The topological polar surface area (TPSA) is 50.9 Å². The molecule has 1 atom stereocenters. The number of nitrogens with two attached hydrogens (primary N) is 1. The Hall–Kier alpha value is -1.49. The fourth-order valence-electron chi connectivity index (χ4n) is 1.83. The normalized spacial score (nSPS) is 12.4. The number of rotatable bonds is 3. The van der Waals surface area contributed by atoms with Gasteiger partial charge in [0.25, 0.3) is 0 Å². The quantitative estimate of drug-likeness (QED) is 0.663. The van der Waals surface area contributed by atoms with Crippen LogP contribution in [0, 0.1) is 12.7 Å². The summed E-state index contributed by atoms with van der Waals surface area (Å²) in [5.74, 6) is 5.33. The second-order valence-corrected chi connectivity index (χ2v) is 4.41. The maximum absolute atomic E-state index is 13.3. The SMILES string of the molecule is Cc1cc(C(NN)c2ccncc2Cl)ccc1F. The molecule has 0 amide bonds. The highest BCUT2D eigenvalue weighted by molar-refractivity contribution is 6.31. The van der Waals surface area contributed by atoms with E-state index in [1.165, 1.54) is 6.07 Å². The van der Waals surface area contributed by atoms with Crippen molar-refractivity contribution in [2.45, 2.75) is 13.0 Å². The summed E-state index contributed by atoms with van der Waals surface area (Å²) in [5.41, 5.74) is 4.91. The predicted molar refractivity (Wildman–Crippen MR) is 69.6 cm³/mol. The number of benzene rings is 1. The third kappa shape index (κ3) is 2.51. The zero-order valence-electron chi connectivity index (χ0n) is 9.82. The average molecular weight is 266 g/mol. The number of pyridine rings is 1. The van der Waals surface area contributed by atoms with Crippen molar-refractivity contribution < 1.29 is 4.39 Å². The average Bonchev–Trinajstić information content (AvgIpc) is 2.37. The molecule has 0 saturated heterocycles. The molecule has 1 aromatic carbocycles. The molecule has 2 rings (SSSR count). The molecule has 0 saturated carbocycles. The van der Waals surface area contributed by atoms with E-state index in [0.29, 0.717) is 10.6 Å². The van der Waals surface area contributed by atoms with E-state index in [2.05, 4.69) is 10.4 Å². The minimum atomic E-state index is -0.292. The third-order valence-electron chi connectivity index (χ3n) is 2.80. The Morgan fingerprint density at radius 1 is 1.39 bits per heavy atom. The number of hydrogen-bond donors (Lipinski definition) is 2. The summed E-state index contributed by atoms with van der Waals surface area (Å²) < 4.78 is 13.3. The Balaban J connectivity index is 2.45. The lowest BCUT2D eigenvalue weighted by Gasteiger charge is -2.18. The molecule has 0 spiro atoms. The van der Waals surface area contributed by atoms with Crippen molar-refractivity contribution >= 4 is 11.6 Å². The molecule has 0 aliphatic heterocycles. The molecular weight excluding hydrogens is 253 g/mol. The van der Waals surface area contributed by atoms with Crippen LogP contribution >= 0.6 is 11.6 Å². The van der Waals surface area contributed by atoms with Crippen LogP contribution in [0.1, 0.15) is 22.7 Å². The minimum Gasteiger partial charge on any atom is -0.271 e. The highest BCUT2D eigenvalue weighted by Gasteiger charge is 2.16. The Morgan fingerprint density at radius 2 is 2.17 bits per heavy atom. The standard InChI is InChI=1S/C13H13ClFN3/c1-8-6-9(2-3-12(8)15)13(18-16)10-4-5-17-7-11(10)14/h2-7,13,18H,16H2,1H3. The molecular formula is C13H13ClFN3. The van der Waals surface area contributed by atoms with Crippen molar-refractivity contribution in [2.24, 2.45) is 5.84 Å². The summed E-state index contributed by atoms with van der Waals surface area (Å²) in [6.07, 6.45) is 3.19. The summed E-state index contributed by atoms with van der Waals surface area (Å²) >= 11 is 6.09. The fourth-order valence-corrected chi connectivity index (χ4v) is 2.06. The van der Waals surface area contributed by atoms with E-state index in [4.69, 9.17) is 17.4 Å². The predicted octanol–water partition coefficient (Wildman–Crippen LogP) is 2.74. The van der Waals surface area contributed by atoms with Gasteiger partial charge in [-0.25, -0.2) is 9.82 Å². The van der Waals surface area contributed by atoms with E-state index < -0.39 is 0 Å². The van der Waals surface area contributed by atoms with Crippen LogP contribution in [-0.2, 0) is 0 Å². The van der Waals surface area contributed by atoms with Crippen LogP contribution in [0.2, 0.25) is 5.02 Å². The highest BCUT2D eigenvalue weighted by atomic mass is 35.5. The first-order chi connectivity index (χ1) is 8.63. The van der Waals surface area contributed by atoms with Crippen molar-refractivity contribution in [3.05, 3.63) is 64.2 Å². The van der Waals surface area contributed by atoms with Gasteiger partial charge in [-0.15, -0.1) is 0 Å². The molecule has 0 radical (unpaired) electrons. The molecule has 1 unspecified atom stereocenters. The first-order valence-corrected chi connectivity index (χ1v) is 5.83. The first kappa shape index (κ1) is 13.0. The van der Waals surface area contributed by atoms with Crippen LogP contribution in [0.4, 0.5) is 4.39 Å². The maximum atomic E-state index is 13.3. The molecule has 5 heteroatoms. The van der Waals surface area contributed by atoms with E-state index in [9.17, 15) is 4.39 Å². The van der Waals surface area contributed by atoms with E-state index >= 15 is 0 Å². The molecule has 2 aromatic rings. The van der Waals surface area contributed by atoms with E-state index in [1.54, 1.807) is 37.5 Å². The van der Waals surface area contributed by atoms with E-state index in [-0.39, 0.29) is 11.9 Å². The number of nitrogens with one attached hydrogen (secondary N) is 1. The first-order valence-electron chi connectivity index (χ1n) is 5.45. The Labute approximate surface area is 110 Å². The fraction of sp³-hybridized carbons (Fsp3) is 0.154. The maximum Gasteiger partial charge on any atom is 0.126 e. The largest absolute Gasteiger partial charge is 0.271 e. The van der Waals surface area contributed by atoms with Gasteiger partial charge in [0.05, 0.1) is 11.1 Å². The second kappa shape index (κ2) is 5.44. The second-order valence-electron chi connectivity index (χ2n) is 4.01. The molecule has 0 aliphatic rings. The van der Waals surface area contributed by atoms with Gasteiger partial charge < -0.3 is 0 Å². The number of hydrogen-bond acceptors (Lipinski definition) is 3. The molecule has 0 fully saturated rings. The van der Waals surface area contributed by atoms with Gasteiger partial charge in [0.1, 0.15) is 5.82 Å². The Bertz CT molecular complexity index is 560.